The van der Waals surface area contributed by atoms with E-state index in [-0.39, 0.29) is 36.0 Å². The number of carboxylic acid groups (broad SMARTS) is 1. The van der Waals surface area contributed by atoms with E-state index in [0.29, 0.717) is 0 Å². The predicted molar refractivity (Wildman–Crippen MR) is 93.5 cm³/mol. The molecule has 3 heteroatoms. The molecule has 0 radical (unpaired) electrons. The van der Waals surface area contributed by atoms with Gasteiger partial charge < -0.3 is 9.90 Å². The molecular weight excluding hydrogens is 295 g/mol. The van der Waals surface area contributed by atoms with Crippen molar-refractivity contribution < 1.29 is 39.5 Å². The summed E-state index contributed by atoms with van der Waals surface area (Å²) in [7, 11) is 0. The number of unbranched alkanes of at least 4 members (excludes halogenated alkanes) is 7. The van der Waals surface area contributed by atoms with Gasteiger partial charge in [-0.1, -0.05) is 69.1 Å². The van der Waals surface area contributed by atoms with Gasteiger partial charge in [0.15, 0.2) is 0 Å². The van der Waals surface area contributed by atoms with Crippen LogP contribution in [0.1, 0.15) is 84.0 Å². The number of hydrogen-bond donors (Lipinski definition) is 0. The van der Waals surface area contributed by atoms with Crippen LogP contribution in [-0.4, -0.2) is 5.97 Å². The van der Waals surface area contributed by atoms with Crippen molar-refractivity contribution in [2.24, 2.45) is 0 Å². The van der Waals surface area contributed by atoms with Crippen LogP contribution in [0, 0.1) is 0 Å². The fourth-order valence-corrected chi connectivity index (χ4v) is 2.18. The Balaban J connectivity index is 0. The van der Waals surface area contributed by atoms with Crippen molar-refractivity contribution in [2.75, 3.05) is 0 Å². The maximum Gasteiger partial charge on any atom is 1.00 e. The molecule has 0 aromatic heterocycles. The number of allylic oxidation sites excluding steroid dienone is 6. The molecule has 0 aliphatic heterocycles. The first-order chi connectivity index (χ1) is 10.8. The minimum atomic E-state index is -0.928. The molecule has 0 heterocycles. The maximum absolute atomic E-state index is 10.2. The molecule has 0 bridgehead atoms. The van der Waals surface area contributed by atoms with Crippen molar-refractivity contribution >= 4 is 5.97 Å². The Labute approximate surface area is 165 Å². The van der Waals surface area contributed by atoms with Gasteiger partial charge in [0.2, 0.25) is 0 Å². The van der Waals surface area contributed by atoms with Crippen molar-refractivity contribution in [3.63, 3.8) is 0 Å². The monoisotopic (exact) mass is 328 g/mol. The number of carbonyl (C=O) groups is 1. The number of carboxylic acids is 1. The van der Waals surface area contributed by atoms with E-state index in [4.69, 9.17) is 0 Å². The first-order valence-corrected chi connectivity index (χ1v) is 8.92. The molecule has 0 aliphatic carbocycles. The Kier molecular flexibility index (Phi) is 23.5. The van der Waals surface area contributed by atoms with E-state index in [2.05, 4.69) is 43.4 Å². The number of rotatable bonds is 15. The topological polar surface area (TPSA) is 40.1 Å². The molecule has 0 unspecified atom stereocenters. The summed E-state index contributed by atoms with van der Waals surface area (Å²) in [6.45, 7) is 2.23. The van der Waals surface area contributed by atoms with Crippen LogP contribution in [0.4, 0.5) is 0 Å². The van der Waals surface area contributed by atoms with Crippen molar-refractivity contribution in [1.82, 2.24) is 0 Å². The molecule has 126 valence electrons. The molecule has 23 heavy (non-hydrogen) atoms. The largest absolute Gasteiger partial charge is 1.00 e. The summed E-state index contributed by atoms with van der Waals surface area (Å²) in [5.41, 5.74) is 0. The smallest absolute Gasteiger partial charge is 0.550 e. The van der Waals surface area contributed by atoms with Crippen LogP contribution < -0.4 is 34.7 Å². The van der Waals surface area contributed by atoms with E-state index >= 15 is 0 Å². The second-order valence-corrected chi connectivity index (χ2v) is 5.71. The van der Waals surface area contributed by atoms with Crippen LogP contribution >= 0.6 is 0 Å². The van der Waals surface area contributed by atoms with Crippen molar-refractivity contribution in [3.05, 3.63) is 36.5 Å². The van der Waals surface area contributed by atoms with E-state index in [1.165, 1.54) is 25.7 Å². The minimum absolute atomic E-state index is 0. The SMILES string of the molecule is CCCCC/C=C\C/C=C\C/C=C\CCCCCCC(=O)[O-].[Na+]. The van der Waals surface area contributed by atoms with Crippen LogP contribution in [0.3, 0.4) is 0 Å². The fourth-order valence-electron chi connectivity index (χ4n) is 2.18. The van der Waals surface area contributed by atoms with Gasteiger partial charge in [-0.2, -0.15) is 0 Å². The maximum atomic E-state index is 10.2. The first-order valence-electron chi connectivity index (χ1n) is 8.92. The summed E-state index contributed by atoms with van der Waals surface area (Å²) >= 11 is 0. The second kappa shape index (κ2) is 21.7. The third-order valence-corrected chi connectivity index (χ3v) is 3.52. The molecule has 0 atom stereocenters. The molecule has 0 aromatic carbocycles. The van der Waals surface area contributed by atoms with Crippen LogP contribution in [-0.2, 0) is 4.79 Å². The van der Waals surface area contributed by atoms with Gasteiger partial charge in [-0.05, 0) is 51.4 Å². The van der Waals surface area contributed by atoms with Crippen LogP contribution in [0.2, 0.25) is 0 Å². The zero-order valence-corrected chi connectivity index (χ0v) is 17.3. The molecule has 0 aromatic rings. The molecular formula is C20H33NaO2. The molecule has 0 saturated carbocycles. The molecule has 0 N–H and O–H groups in total. The van der Waals surface area contributed by atoms with Crippen molar-refractivity contribution in [3.8, 4) is 0 Å². The van der Waals surface area contributed by atoms with Crippen LogP contribution in [0.5, 0.6) is 0 Å². The van der Waals surface area contributed by atoms with E-state index in [1.807, 2.05) is 0 Å². The van der Waals surface area contributed by atoms with Gasteiger partial charge in [0.25, 0.3) is 0 Å². The summed E-state index contributed by atoms with van der Waals surface area (Å²) in [5, 5.41) is 10.2. The Bertz CT molecular complexity index is 333. The number of hydrogen-bond acceptors (Lipinski definition) is 2. The Morgan fingerprint density at radius 3 is 1.74 bits per heavy atom. The van der Waals surface area contributed by atoms with E-state index in [9.17, 15) is 9.90 Å². The first kappa shape index (κ1) is 24.9. The molecule has 0 fully saturated rings. The van der Waals surface area contributed by atoms with Crippen LogP contribution in [0.15, 0.2) is 36.5 Å². The van der Waals surface area contributed by atoms with Gasteiger partial charge in [0.05, 0.1) is 0 Å². The summed E-state index contributed by atoms with van der Waals surface area (Å²) in [6.07, 6.45) is 25.9. The average molecular weight is 328 g/mol. The minimum Gasteiger partial charge on any atom is -0.550 e. The number of aliphatic carboxylic acids is 1. The summed E-state index contributed by atoms with van der Waals surface area (Å²) < 4.78 is 0. The third-order valence-electron chi connectivity index (χ3n) is 3.52. The summed E-state index contributed by atoms with van der Waals surface area (Å²) in [5.74, 6) is -0.928. The van der Waals surface area contributed by atoms with Gasteiger partial charge in [0.1, 0.15) is 0 Å². The Hall–Kier alpha value is -0.310. The van der Waals surface area contributed by atoms with Crippen molar-refractivity contribution in [2.45, 2.75) is 84.0 Å². The summed E-state index contributed by atoms with van der Waals surface area (Å²) in [6, 6.07) is 0. The molecule has 0 saturated heterocycles. The fraction of sp³-hybridized carbons (Fsp3) is 0.650. The number of carbonyl (C=O) groups excluding carboxylic acids is 1. The van der Waals surface area contributed by atoms with Gasteiger partial charge >= 0.3 is 29.6 Å². The molecule has 0 amide bonds. The molecule has 2 nitrogen and oxygen atoms in total. The zero-order chi connectivity index (χ0) is 16.3. The molecule has 0 aliphatic rings. The van der Waals surface area contributed by atoms with E-state index in [1.54, 1.807) is 0 Å². The predicted octanol–water partition coefficient (Wildman–Crippen LogP) is 2.11. The normalized spacial score (nSPS) is 11.5. The quantitative estimate of drug-likeness (QED) is 0.262. The zero-order valence-electron chi connectivity index (χ0n) is 15.3. The second-order valence-electron chi connectivity index (χ2n) is 5.71. The average Bonchev–Trinajstić information content (AvgIpc) is 2.50. The van der Waals surface area contributed by atoms with Crippen molar-refractivity contribution in [1.29, 1.82) is 0 Å². The van der Waals surface area contributed by atoms with Gasteiger partial charge in [-0.3, -0.25) is 0 Å². The Morgan fingerprint density at radius 2 is 1.22 bits per heavy atom. The van der Waals surface area contributed by atoms with Gasteiger partial charge in [-0.25, -0.2) is 0 Å². The van der Waals surface area contributed by atoms with E-state index < -0.39 is 5.97 Å². The van der Waals surface area contributed by atoms with Crippen LogP contribution in [0.25, 0.3) is 0 Å². The van der Waals surface area contributed by atoms with Gasteiger partial charge in [-0.15, -0.1) is 0 Å². The third kappa shape index (κ3) is 24.1. The Morgan fingerprint density at radius 1 is 0.739 bits per heavy atom. The van der Waals surface area contributed by atoms with E-state index in [0.717, 1.165) is 44.9 Å². The summed E-state index contributed by atoms with van der Waals surface area (Å²) in [4.78, 5) is 10.2. The molecule has 0 rings (SSSR count). The standard InChI is InChI=1S/C20H34O2.Na/c1-2-3-4-5-6-7-8-9-10-11-12-13-14-15-16-17-18-19-20(21)22;/h6-7,9-10,12-13H,2-5,8,11,14-19H2,1H3,(H,21,22);/q;+1/p-1/b7-6-,10-9-,13-12-;. The van der Waals surface area contributed by atoms with Gasteiger partial charge in [0, 0.05) is 5.97 Å². The molecule has 0 spiro atoms.